The minimum atomic E-state index is -0.241. The zero-order chi connectivity index (χ0) is 17.6. The van der Waals surface area contributed by atoms with Crippen molar-refractivity contribution in [3.05, 3.63) is 36.4 Å². The van der Waals surface area contributed by atoms with E-state index in [0.29, 0.717) is 44.1 Å². The van der Waals surface area contributed by atoms with Gasteiger partial charge in [-0.25, -0.2) is 4.79 Å². The van der Waals surface area contributed by atoms with Gasteiger partial charge in [-0.2, -0.15) is 0 Å². The van der Waals surface area contributed by atoms with E-state index in [-0.39, 0.29) is 17.9 Å². The first-order valence-corrected chi connectivity index (χ1v) is 8.42. The topological polar surface area (TPSA) is 84.7 Å². The molecule has 132 valence electrons. The second-order valence-corrected chi connectivity index (χ2v) is 5.89. The third-order valence-electron chi connectivity index (χ3n) is 4.21. The van der Waals surface area contributed by atoms with Gasteiger partial charge in [0.1, 0.15) is 0 Å². The van der Waals surface area contributed by atoms with Crippen LogP contribution in [0.3, 0.4) is 0 Å². The Kier molecular flexibility index (Phi) is 5.33. The number of nitrogens with zero attached hydrogens (tertiary/aromatic N) is 2. The Morgan fingerprint density at radius 3 is 2.68 bits per heavy atom. The van der Waals surface area contributed by atoms with Gasteiger partial charge in [-0.1, -0.05) is 35.5 Å². The van der Waals surface area contributed by atoms with Crippen LogP contribution >= 0.6 is 0 Å². The lowest BCUT2D eigenvalue weighted by molar-refractivity contribution is -0.149. The van der Waals surface area contributed by atoms with Crippen LogP contribution in [-0.4, -0.2) is 41.8 Å². The summed E-state index contributed by atoms with van der Waals surface area (Å²) in [6, 6.07) is 11.0. The second kappa shape index (κ2) is 7.83. The monoisotopic (exact) mass is 343 g/mol. The fourth-order valence-electron chi connectivity index (χ4n) is 2.84. The van der Waals surface area contributed by atoms with E-state index >= 15 is 0 Å². The second-order valence-electron chi connectivity index (χ2n) is 5.89. The number of esters is 1. The van der Waals surface area contributed by atoms with E-state index in [2.05, 4.69) is 10.5 Å². The van der Waals surface area contributed by atoms with E-state index < -0.39 is 0 Å². The largest absolute Gasteiger partial charge is 0.466 e. The summed E-state index contributed by atoms with van der Waals surface area (Å²) in [6.07, 6.45) is 1.22. The Balaban J connectivity index is 1.54. The zero-order valence-corrected chi connectivity index (χ0v) is 14.1. The van der Waals surface area contributed by atoms with Crippen LogP contribution in [-0.2, 0) is 9.53 Å². The number of urea groups is 1. The lowest BCUT2D eigenvalue weighted by atomic mass is 9.97. The normalized spacial score (nSPS) is 15.0. The molecule has 1 aromatic heterocycles. The van der Waals surface area contributed by atoms with Crippen LogP contribution in [0.4, 0.5) is 10.6 Å². The highest BCUT2D eigenvalue weighted by Gasteiger charge is 2.28. The summed E-state index contributed by atoms with van der Waals surface area (Å²) in [4.78, 5) is 25.7. The molecule has 1 saturated heterocycles. The maximum absolute atomic E-state index is 12.3. The Hall–Kier alpha value is -2.83. The molecule has 0 aliphatic carbocycles. The Morgan fingerprint density at radius 1 is 1.28 bits per heavy atom. The van der Waals surface area contributed by atoms with Crippen molar-refractivity contribution in [2.24, 2.45) is 5.92 Å². The molecule has 1 aliphatic rings. The molecule has 2 heterocycles. The Morgan fingerprint density at radius 2 is 2.00 bits per heavy atom. The van der Waals surface area contributed by atoms with Crippen molar-refractivity contribution < 1.29 is 18.8 Å². The first-order valence-electron chi connectivity index (χ1n) is 8.42. The molecule has 7 nitrogen and oxygen atoms in total. The molecular weight excluding hydrogens is 322 g/mol. The quantitative estimate of drug-likeness (QED) is 0.862. The maximum Gasteiger partial charge on any atom is 0.323 e. The molecule has 1 aromatic carbocycles. The third-order valence-corrected chi connectivity index (χ3v) is 4.21. The molecule has 2 amide bonds. The van der Waals surface area contributed by atoms with Gasteiger partial charge in [-0.3, -0.25) is 10.1 Å². The molecule has 0 atom stereocenters. The summed E-state index contributed by atoms with van der Waals surface area (Å²) in [7, 11) is 0. The fourth-order valence-corrected chi connectivity index (χ4v) is 2.84. The number of rotatable bonds is 4. The number of likely N-dealkylation sites (tertiary alicyclic amines) is 1. The number of anilines is 1. The highest BCUT2D eigenvalue weighted by Crippen LogP contribution is 2.23. The number of piperidine rings is 1. The van der Waals surface area contributed by atoms with E-state index in [1.165, 1.54) is 0 Å². The summed E-state index contributed by atoms with van der Waals surface area (Å²) in [5, 5.41) is 6.62. The average molecular weight is 343 g/mol. The number of aromatic nitrogens is 1. The number of ether oxygens (including phenoxy) is 1. The molecule has 0 bridgehead atoms. The summed E-state index contributed by atoms with van der Waals surface area (Å²) in [5.41, 5.74) is 0.894. The van der Waals surface area contributed by atoms with Crippen LogP contribution in [0.1, 0.15) is 19.8 Å². The number of hydrogen-bond donors (Lipinski definition) is 1. The fraction of sp³-hybridized carbons (Fsp3) is 0.389. The van der Waals surface area contributed by atoms with Crippen LogP contribution in [0.5, 0.6) is 0 Å². The number of carbonyl (C=O) groups excluding carboxylic acids is 2. The third kappa shape index (κ3) is 4.17. The van der Waals surface area contributed by atoms with E-state index in [4.69, 9.17) is 9.26 Å². The van der Waals surface area contributed by atoms with Gasteiger partial charge < -0.3 is 14.2 Å². The van der Waals surface area contributed by atoms with E-state index in [1.54, 1.807) is 17.9 Å². The predicted molar refractivity (Wildman–Crippen MR) is 91.9 cm³/mol. The standard InChI is InChI=1S/C18H21N3O4/c1-2-24-17(22)14-8-10-21(11-9-14)18(23)19-16-12-15(25-20-16)13-6-4-3-5-7-13/h3-7,12,14H,2,8-11H2,1H3,(H,19,20,23). The first-order chi connectivity index (χ1) is 12.2. The Labute approximate surface area is 145 Å². The van der Waals surface area contributed by atoms with Crippen molar-refractivity contribution in [1.29, 1.82) is 0 Å². The summed E-state index contributed by atoms with van der Waals surface area (Å²) in [5.74, 6) is 0.667. The van der Waals surface area contributed by atoms with Gasteiger partial charge in [0.15, 0.2) is 11.6 Å². The predicted octanol–water partition coefficient (Wildman–Crippen LogP) is 3.15. The van der Waals surface area contributed by atoms with Gasteiger partial charge in [-0.15, -0.1) is 0 Å². The summed E-state index contributed by atoms with van der Waals surface area (Å²) in [6.45, 7) is 3.20. The number of nitrogens with one attached hydrogen (secondary N) is 1. The van der Waals surface area contributed by atoms with Crippen molar-refractivity contribution in [2.45, 2.75) is 19.8 Å². The van der Waals surface area contributed by atoms with Crippen molar-refractivity contribution in [3.8, 4) is 11.3 Å². The average Bonchev–Trinajstić information content (AvgIpc) is 3.11. The van der Waals surface area contributed by atoms with Crippen molar-refractivity contribution >= 4 is 17.8 Å². The first kappa shape index (κ1) is 17.0. The molecule has 0 spiro atoms. The number of carbonyl (C=O) groups is 2. The summed E-state index contributed by atoms with van der Waals surface area (Å²) < 4.78 is 10.3. The molecule has 0 saturated carbocycles. The lowest BCUT2D eigenvalue weighted by Gasteiger charge is -2.30. The molecule has 1 aliphatic heterocycles. The minimum absolute atomic E-state index is 0.124. The van der Waals surface area contributed by atoms with Gasteiger partial charge in [0, 0.05) is 24.7 Å². The molecule has 25 heavy (non-hydrogen) atoms. The summed E-state index contributed by atoms with van der Waals surface area (Å²) >= 11 is 0. The van der Waals surface area contributed by atoms with Crippen LogP contribution in [0.2, 0.25) is 0 Å². The van der Waals surface area contributed by atoms with E-state index in [1.807, 2.05) is 30.3 Å². The number of hydrogen-bond acceptors (Lipinski definition) is 5. The highest BCUT2D eigenvalue weighted by molar-refractivity contribution is 5.89. The molecule has 2 aromatic rings. The SMILES string of the molecule is CCOC(=O)C1CCN(C(=O)Nc2cc(-c3ccccc3)on2)CC1. The van der Waals surface area contributed by atoms with Crippen LogP contribution in [0.25, 0.3) is 11.3 Å². The van der Waals surface area contributed by atoms with Gasteiger partial charge in [-0.05, 0) is 19.8 Å². The number of amides is 2. The van der Waals surface area contributed by atoms with Gasteiger partial charge in [0.2, 0.25) is 0 Å². The molecule has 3 rings (SSSR count). The molecular formula is C18H21N3O4. The van der Waals surface area contributed by atoms with Gasteiger partial charge >= 0.3 is 12.0 Å². The molecule has 1 fully saturated rings. The number of benzene rings is 1. The lowest BCUT2D eigenvalue weighted by Crippen LogP contribution is -2.42. The molecule has 0 radical (unpaired) electrons. The molecule has 7 heteroatoms. The highest BCUT2D eigenvalue weighted by atomic mass is 16.5. The van der Waals surface area contributed by atoms with Crippen molar-refractivity contribution in [3.63, 3.8) is 0 Å². The Bertz CT molecular complexity index is 721. The van der Waals surface area contributed by atoms with Crippen molar-refractivity contribution in [1.82, 2.24) is 10.1 Å². The minimum Gasteiger partial charge on any atom is -0.466 e. The van der Waals surface area contributed by atoms with Gasteiger partial charge in [0.05, 0.1) is 12.5 Å². The smallest absolute Gasteiger partial charge is 0.323 e. The van der Waals surface area contributed by atoms with E-state index in [0.717, 1.165) is 5.56 Å². The maximum atomic E-state index is 12.3. The molecule has 0 unspecified atom stereocenters. The van der Waals surface area contributed by atoms with Gasteiger partial charge in [0.25, 0.3) is 0 Å². The van der Waals surface area contributed by atoms with E-state index in [9.17, 15) is 9.59 Å². The van der Waals surface area contributed by atoms with Crippen LogP contribution < -0.4 is 5.32 Å². The zero-order valence-electron chi connectivity index (χ0n) is 14.1. The van der Waals surface area contributed by atoms with Crippen LogP contribution in [0, 0.1) is 5.92 Å². The van der Waals surface area contributed by atoms with Crippen LogP contribution in [0.15, 0.2) is 40.9 Å². The van der Waals surface area contributed by atoms with Crippen molar-refractivity contribution in [2.75, 3.05) is 25.0 Å². The molecule has 1 N–H and O–H groups in total.